The predicted octanol–water partition coefficient (Wildman–Crippen LogP) is 3.10. The molecule has 0 fully saturated rings. The van der Waals surface area contributed by atoms with E-state index < -0.39 is 0 Å². The first-order valence-electron chi connectivity index (χ1n) is 4.75. The number of nitrogens with zero attached hydrogens (tertiary/aromatic N) is 2. The van der Waals surface area contributed by atoms with Gasteiger partial charge in [0.15, 0.2) is 0 Å². The third kappa shape index (κ3) is 1.30. The van der Waals surface area contributed by atoms with Crippen LogP contribution in [0.4, 0.5) is 0 Å². The van der Waals surface area contributed by atoms with E-state index in [0.717, 1.165) is 28.2 Å². The number of rotatable bonds is 1. The van der Waals surface area contributed by atoms with Crippen molar-refractivity contribution in [3.8, 4) is 0 Å². The van der Waals surface area contributed by atoms with Crippen molar-refractivity contribution in [2.75, 3.05) is 0 Å². The van der Waals surface area contributed by atoms with Crippen molar-refractivity contribution in [1.29, 1.82) is 0 Å². The van der Waals surface area contributed by atoms with Gasteiger partial charge in [-0.05, 0) is 31.0 Å². The fraction of sp³-hybridized carbons (Fsp3) is 0.364. The highest BCUT2D eigenvalue weighted by Gasteiger charge is 2.08. The summed E-state index contributed by atoms with van der Waals surface area (Å²) in [5.74, 6) is 0. The Morgan fingerprint density at radius 1 is 1.43 bits per heavy atom. The number of aryl methyl sites for hydroxylation is 3. The van der Waals surface area contributed by atoms with E-state index >= 15 is 0 Å². The van der Waals surface area contributed by atoms with Gasteiger partial charge in [-0.2, -0.15) is 5.10 Å². The van der Waals surface area contributed by atoms with Crippen molar-refractivity contribution in [2.45, 2.75) is 20.3 Å². The van der Waals surface area contributed by atoms with Gasteiger partial charge >= 0.3 is 0 Å². The molecule has 3 heteroatoms. The average molecular weight is 209 g/mol. The van der Waals surface area contributed by atoms with Crippen LogP contribution in [0.25, 0.3) is 10.9 Å². The topological polar surface area (TPSA) is 17.8 Å². The third-order valence-corrected chi connectivity index (χ3v) is 2.95. The van der Waals surface area contributed by atoms with Gasteiger partial charge in [0.05, 0.1) is 11.2 Å². The van der Waals surface area contributed by atoms with Gasteiger partial charge in [0, 0.05) is 17.5 Å². The SMILES string of the molecule is CCc1nn(C)c2cc(Cl)c(C)cc12. The van der Waals surface area contributed by atoms with E-state index in [0.29, 0.717) is 0 Å². The molecule has 2 nitrogen and oxygen atoms in total. The maximum Gasteiger partial charge on any atom is 0.0700 e. The van der Waals surface area contributed by atoms with Crippen LogP contribution in [0.2, 0.25) is 5.02 Å². The zero-order valence-corrected chi connectivity index (χ0v) is 9.39. The van der Waals surface area contributed by atoms with E-state index in [1.807, 2.05) is 24.7 Å². The van der Waals surface area contributed by atoms with Crippen molar-refractivity contribution in [2.24, 2.45) is 7.05 Å². The summed E-state index contributed by atoms with van der Waals surface area (Å²) in [5, 5.41) is 6.48. The van der Waals surface area contributed by atoms with Crippen molar-refractivity contribution >= 4 is 22.5 Å². The molecule has 0 saturated heterocycles. The molecule has 0 atom stereocenters. The molecule has 74 valence electrons. The van der Waals surface area contributed by atoms with Gasteiger partial charge in [-0.15, -0.1) is 0 Å². The quantitative estimate of drug-likeness (QED) is 0.704. The van der Waals surface area contributed by atoms with Crippen LogP contribution in [0.5, 0.6) is 0 Å². The standard InChI is InChI=1S/C11H13ClN2/c1-4-10-8-5-7(2)9(12)6-11(8)14(3)13-10/h5-6H,4H2,1-3H3. The normalized spacial score (nSPS) is 11.1. The number of hydrogen-bond acceptors (Lipinski definition) is 1. The van der Waals surface area contributed by atoms with E-state index in [-0.39, 0.29) is 0 Å². The van der Waals surface area contributed by atoms with Gasteiger partial charge < -0.3 is 0 Å². The van der Waals surface area contributed by atoms with Gasteiger partial charge in [0.2, 0.25) is 0 Å². The van der Waals surface area contributed by atoms with E-state index in [9.17, 15) is 0 Å². The lowest BCUT2D eigenvalue weighted by Gasteiger charge is -1.99. The van der Waals surface area contributed by atoms with Gasteiger partial charge in [0.1, 0.15) is 0 Å². The molecule has 0 saturated carbocycles. The van der Waals surface area contributed by atoms with Crippen molar-refractivity contribution in [3.05, 3.63) is 28.4 Å². The molecule has 0 aliphatic carbocycles. The molecule has 2 aromatic rings. The van der Waals surface area contributed by atoms with Crippen molar-refractivity contribution < 1.29 is 0 Å². The van der Waals surface area contributed by atoms with E-state index in [1.54, 1.807) is 0 Å². The molecule has 1 heterocycles. The first-order chi connectivity index (χ1) is 6.63. The number of benzene rings is 1. The van der Waals surface area contributed by atoms with Gasteiger partial charge in [0.25, 0.3) is 0 Å². The summed E-state index contributed by atoms with van der Waals surface area (Å²) in [7, 11) is 1.95. The van der Waals surface area contributed by atoms with Crippen LogP contribution in [0.3, 0.4) is 0 Å². The summed E-state index contributed by atoms with van der Waals surface area (Å²) in [6.45, 7) is 4.14. The molecule has 1 aromatic carbocycles. The monoisotopic (exact) mass is 208 g/mol. The fourth-order valence-electron chi connectivity index (χ4n) is 1.72. The minimum absolute atomic E-state index is 0.808. The number of hydrogen-bond donors (Lipinski definition) is 0. The third-order valence-electron chi connectivity index (χ3n) is 2.54. The molecule has 14 heavy (non-hydrogen) atoms. The lowest BCUT2D eigenvalue weighted by atomic mass is 10.1. The minimum Gasteiger partial charge on any atom is -0.268 e. The zero-order valence-electron chi connectivity index (χ0n) is 8.63. The van der Waals surface area contributed by atoms with Crippen LogP contribution in [-0.2, 0) is 13.5 Å². The Hall–Kier alpha value is -1.02. The maximum absolute atomic E-state index is 6.07. The maximum atomic E-state index is 6.07. The Balaban J connectivity index is 2.84. The van der Waals surface area contributed by atoms with Gasteiger partial charge in [-0.25, -0.2) is 0 Å². The summed E-state index contributed by atoms with van der Waals surface area (Å²) in [6.07, 6.45) is 0.957. The lowest BCUT2D eigenvalue weighted by Crippen LogP contribution is -1.90. The highest BCUT2D eigenvalue weighted by molar-refractivity contribution is 6.32. The van der Waals surface area contributed by atoms with Crippen LogP contribution >= 0.6 is 11.6 Å². The average Bonchev–Trinajstić information content (AvgIpc) is 2.45. The second-order valence-electron chi connectivity index (χ2n) is 3.54. The van der Waals surface area contributed by atoms with Gasteiger partial charge in [-0.1, -0.05) is 18.5 Å². The van der Waals surface area contributed by atoms with Crippen LogP contribution in [0.15, 0.2) is 12.1 Å². The van der Waals surface area contributed by atoms with E-state index in [4.69, 9.17) is 11.6 Å². The Kier molecular flexibility index (Phi) is 2.23. The molecule has 0 unspecified atom stereocenters. The largest absolute Gasteiger partial charge is 0.268 e. The second kappa shape index (κ2) is 3.28. The molecule has 0 aliphatic heterocycles. The van der Waals surface area contributed by atoms with Crippen molar-refractivity contribution in [1.82, 2.24) is 9.78 Å². The molecule has 2 rings (SSSR count). The molecule has 0 bridgehead atoms. The van der Waals surface area contributed by atoms with Crippen molar-refractivity contribution in [3.63, 3.8) is 0 Å². The van der Waals surface area contributed by atoms with Crippen LogP contribution < -0.4 is 0 Å². The molecular formula is C11H13ClN2. The van der Waals surface area contributed by atoms with E-state index in [1.165, 1.54) is 5.39 Å². The Labute approximate surface area is 88.5 Å². The summed E-state index contributed by atoms with van der Waals surface area (Å²) in [4.78, 5) is 0. The highest BCUT2D eigenvalue weighted by atomic mass is 35.5. The summed E-state index contributed by atoms with van der Waals surface area (Å²) in [6, 6.07) is 4.10. The van der Waals surface area contributed by atoms with Crippen LogP contribution in [0, 0.1) is 6.92 Å². The summed E-state index contributed by atoms with van der Waals surface area (Å²) >= 11 is 6.07. The zero-order chi connectivity index (χ0) is 10.3. The first-order valence-corrected chi connectivity index (χ1v) is 5.13. The Morgan fingerprint density at radius 3 is 2.79 bits per heavy atom. The number of aromatic nitrogens is 2. The molecule has 1 aromatic heterocycles. The Morgan fingerprint density at radius 2 is 2.14 bits per heavy atom. The number of fused-ring (bicyclic) bond motifs is 1. The number of halogens is 1. The van der Waals surface area contributed by atoms with Gasteiger partial charge in [-0.3, -0.25) is 4.68 Å². The minimum atomic E-state index is 0.808. The Bertz CT molecular complexity index is 485. The molecule has 0 spiro atoms. The lowest BCUT2D eigenvalue weighted by molar-refractivity contribution is 0.770. The summed E-state index contributed by atoms with van der Waals surface area (Å²) in [5.41, 5.74) is 3.36. The predicted molar refractivity (Wildman–Crippen MR) is 59.8 cm³/mol. The second-order valence-corrected chi connectivity index (χ2v) is 3.95. The highest BCUT2D eigenvalue weighted by Crippen LogP contribution is 2.25. The molecule has 0 radical (unpaired) electrons. The molecule has 0 amide bonds. The molecule has 0 N–H and O–H groups in total. The van der Waals surface area contributed by atoms with Crippen LogP contribution in [0.1, 0.15) is 18.2 Å². The fourth-order valence-corrected chi connectivity index (χ4v) is 1.88. The van der Waals surface area contributed by atoms with Crippen LogP contribution in [-0.4, -0.2) is 9.78 Å². The van der Waals surface area contributed by atoms with E-state index in [2.05, 4.69) is 18.1 Å². The molecule has 0 aliphatic rings. The molecular weight excluding hydrogens is 196 g/mol. The smallest absolute Gasteiger partial charge is 0.0700 e. The first kappa shape index (κ1) is 9.53. The summed E-state index contributed by atoms with van der Waals surface area (Å²) < 4.78 is 1.89.